The molecular formula is C10H12BrClN2O3. The van der Waals surface area contributed by atoms with Crippen LogP contribution in [0.2, 0.25) is 5.15 Å². The van der Waals surface area contributed by atoms with Crippen LogP contribution in [0.4, 0.5) is 0 Å². The molecule has 0 amide bonds. The van der Waals surface area contributed by atoms with Crippen LogP contribution in [0.25, 0.3) is 0 Å². The van der Waals surface area contributed by atoms with Crippen LogP contribution in [0.15, 0.2) is 15.3 Å². The third-order valence-electron chi connectivity index (χ3n) is 2.14. The Morgan fingerprint density at radius 1 is 1.65 bits per heavy atom. The van der Waals surface area contributed by atoms with E-state index in [0.717, 1.165) is 4.68 Å². The Morgan fingerprint density at radius 3 is 2.71 bits per heavy atom. The molecule has 0 unspecified atom stereocenters. The molecule has 0 saturated heterocycles. The fourth-order valence-electron chi connectivity index (χ4n) is 1.42. The lowest BCUT2D eigenvalue weighted by Gasteiger charge is -2.16. The Labute approximate surface area is 112 Å². The van der Waals surface area contributed by atoms with Crippen molar-refractivity contribution in [2.45, 2.75) is 26.3 Å². The van der Waals surface area contributed by atoms with Gasteiger partial charge >= 0.3 is 5.97 Å². The van der Waals surface area contributed by atoms with E-state index in [0.29, 0.717) is 6.42 Å². The summed E-state index contributed by atoms with van der Waals surface area (Å²) < 4.78 is 1.11. The monoisotopic (exact) mass is 322 g/mol. The first kappa shape index (κ1) is 14.2. The van der Waals surface area contributed by atoms with E-state index in [4.69, 9.17) is 16.7 Å². The Kier molecular flexibility index (Phi) is 4.70. The maximum absolute atomic E-state index is 11.8. The SMILES string of the molecule is CC(C)C[C@@H](C(=O)O)n1nc(Cl)cc(Br)c1=O. The van der Waals surface area contributed by atoms with Crippen LogP contribution < -0.4 is 5.56 Å². The highest BCUT2D eigenvalue weighted by Crippen LogP contribution is 2.18. The van der Waals surface area contributed by atoms with E-state index in [1.54, 1.807) is 0 Å². The number of halogens is 2. The lowest BCUT2D eigenvalue weighted by molar-refractivity contribution is -0.141. The Balaban J connectivity index is 3.28. The van der Waals surface area contributed by atoms with Gasteiger partial charge in [-0.2, -0.15) is 5.10 Å². The van der Waals surface area contributed by atoms with Crippen molar-refractivity contribution in [1.82, 2.24) is 9.78 Å². The topological polar surface area (TPSA) is 72.2 Å². The van der Waals surface area contributed by atoms with Gasteiger partial charge in [0.1, 0.15) is 0 Å². The van der Waals surface area contributed by atoms with E-state index in [-0.39, 0.29) is 15.5 Å². The molecule has 0 spiro atoms. The molecule has 0 bridgehead atoms. The first-order chi connectivity index (χ1) is 7.82. The molecule has 1 aromatic rings. The van der Waals surface area contributed by atoms with E-state index in [1.165, 1.54) is 6.07 Å². The third-order valence-corrected chi connectivity index (χ3v) is 2.89. The van der Waals surface area contributed by atoms with Gasteiger partial charge in [-0.15, -0.1) is 0 Å². The number of nitrogens with zero attached hydrogens (tertiary/aromatic N) is 2. The van der Waals surface area contributed by atoms with E-state index in [2.05, 4.69) is 21.0 Å². The van der Waals surface area contributed by atoms with Crippen molar-refractivity contribution < 1.29 is 9.90 Å². The molecule has 0 aromatic carbocycles. The molecule has 0 radical (unpaired) electrons. The number of hydrogen-bond acceptors (Lipinski definition) is 3. The number of aliphatic carboxylic acids is 1. The van der Waals surface area contributed by atoms with Gasteiger partial charge in [-0.25, -0.2) is 9.48 Å². The van der Waals surface area contributed by atoms with E-state index < -0.39 is 17.6 Å². The predicted molar refractivity (Wildman–Crippen MR) is 67.3 cm³/mol. The number of rotatable bonds is 4. The van der Waals surface area contributed by atoms with Crippen LogP contribution in [0.1, 0.15) is 26.3 Å². The smallest absolute Gasteiger partial charge is 0.328 e. The molecule has 1 aromatic heterocycles. The molecule has 1 rings (SSSR count). The summed E-state index contributed by atoms with van der Waals surface area (Å²) in [5.41, 5.74) is -0.498. The second-order valence-electron chi connectivity index (χ2n) is 4.05. The van der Waals surface area contributed by atoms with Crippen molar-refractivity contribution in [2.24, 2.45) is 5.92 Å². The second kappa shape index (κ2) is 5.64. The quantitative estimate of drug-likeness (QED) is 0.923. The number of carboxylic acid groups (broad SMARTS) is 1. The Bertz CT molecular complexity index is 487. The summed E-state index contributed by atoms with van der Waals surface area (Å²) in [6, 6.07) is 0.340. The fraction of sp³-hybridized carbons (Fsp3) is 0.500. The van der Waals surface area contributed by atoms with Crippen LogP contribution in [0.5, 0.6) is 0 Å². The van der Waals surface area contributed by atoms with Gasteiger partial charge in [-0.05, 0) is 34.3 Å². The van der Waals surface area contributed by atoms with Gasteiger partial charge in [0.2, 0.25) is 0 Å². The van der Waals surface area contributed by atoms with Gasteiger partial charge < -0.3 is 5.11 Å². The highest BCUT2D eigenvalue weighted by molar-refractivity contribution is 9.10. The number of carboxylic acids is 1. The largest absolute Gasteiger partial charge is 0.480 e. The zero-order chi connectivity index (χ0) is 13.2. The van der Waals surface area contributed by atoms with Crippen LogP contribution in [0, 0.1) is 5.92 Å². The zero-order valence-corrected chi connectivity index (χ0v) is 11.7. The third kappa shape index (κ3) is 3.54. The maximum Gasteiger partial charge on any atom is 0.328 e. The van der Waals surface area contributed by atoms with E-state index >= 15 is 0 Å². The standard InChI is InChI=1S/C10H12BrClN2O3/c1-5(2)3-7(10(16)17)14-9(15)6(11)4-8(12)13-14/h4-5,7H,3H2,1-2H3,(H,16,17)/t7-/m0/s1. The first-order valence-electron chi connectivity index (χ1n) is 5.00. The van der Waals surface area contributed by atoms with Crippen molar-refractivity contribution in [3.05, 3.63) is 26.0 Å². The summed E-state index contributed by atoms with van der Waals surface area (Å²) in [6.45, 7) is 3.75. The van der Waals surface area contributed by atoms with Crippen molar-refractivity contribution in [3.63, 3.8) is 0 Å². The minimum Gasteiger partial charge on any atom is -0.480 e. The van der Waals surface area contributed by atoms with Gasteiger partial charge in [0.15, 0.2) is 11.2 Å². The summed E-state index contributed by atoms with van der Waals surface area (Å²) in [4.78, 5) is 22.9. The molecular weight excluding hydrogens is 311 g/mol. The molecule has 5 nitrogen and oxygen atoms in total. The van der Waals surface area contributed by atoms with Crippen LogP contribution in [0.3, 0.4) is 0 Å². The average molecular weight is 324 g/mol. The molecule has 0 fully saturated rings. The lowest BCUT2D eigenvalue weighted by Crippen LogP contribution is -2.33. The van der Waals surface area contributed by atoms with Gasteiger partial charge in [-0.3, -0.25) is 4.79 Å². The molecule has 17 heavy (non-hydrogen) atoms. The maximum atomic E-state index is 11.8. The molecule has 7 heteroatoms. The summed E-state index contributed by atoms with van der Waals surface area (Å²) in [5.74, 6) is -0.968. The molecule has 0 aliphatic carbocycles. The number of aromatic nitrogens is 2. The lowest BCUT2D eigenvalue weighted by atomic mass is 10.0. The van der Waals surface area contributed by atoms with Crippen LogP contribution in [-0.4, -0.2) is 20.9 Å². The molecule has 0 aliphatic heterocycles. The zero-order valence-electron chi connectivity index (χ0n) is 9.35. The molecule has 1 N–H and O–H groups in total. The van der Waals surface area contributed by atoms with Crippen molar-refractivity contribution in [1.29, 1.82) is 0 Å². The van der Waals surface area contributed by atoms with Crippen molar-refractivity contribution in [2.75, 3.05) is 0 Å². The molecule has 1 heterocycles. The highest BCUT2D eigenvalue weighted by Gasteiger charge is 2.24. The van der Waals surface area contributed by atoms with Crippen molar-refractivity contribution >= 4 is 33.5 Å². The summed E-state index contributed by atoms with van der Waals surface area (Å²) >= 11 is 8.74. The molecule has 0 aliphatic rings. The summed E-state index contributed by atoms with van der Waals surface area (Å²) in [6.07, 6.45) is 0.315. The Morgan fingerprint density at radius 2 is 2.24 bits per heavy atom. The van der Waals surface area contributed by atoms with Gasteiger partial charge in [0.05, 0.1) is 4.47 Å². The van der Waals surface area contributed by atoms with Crippen LogP contribution >= 0.6 is 27.5 Å². The fourth-order valence-corrected chi connectivity index (χ4v) is 2.14. The van der Waals surface area contributed by atoms with E-state index in [9.17, 15) is 9.59 Å². The minimum atomic E-state index is -1.09. The second-order valence-corrected chi connectivity index (χ2v) is 5.29. The molecule has 0 saturated carbocycles. The summed E-state index contributed by atoms with van der Waals surface area (Å²) in [5, 5.41) is 13.0. The first-order valence-corrected chi connectivity index (χ1v) is 6.17. The molecule has 1 atom stereocenters. The predicted octanol–water partition coefficient (Wildman–Crippen LogP) is 2.33. The van der Waals surface area contributed by atoms with E-state index in [1.807, 2.05) is 13.8 Å². The number of hydrogen-bond donors (Lipinski definition) is 1. The van der Waals surface area contributed by atoms with Crippen LogP contribution in [-0.2, 0) is 4.79 Å². The Hall–Kier alpha value is -0.880. The van der Waals surface area contributed by atoms with Gasteiger partial charge in [0.25, 0.3) is 5.56 Å². The van der Waals surface area contributed by atoms with Gasteiger partial charge in [0, 0.05) is 0 Å². The normalized spacial score (nSPS) is 12.8. The highest BCUT2D eigenvalue weighted by atomic mass is 79.9. The van der Waals surface area contributed by atoms with Crippen molar-refractivity contribution in [3.8, 4) is 0 Å². The summed E-state index contributed by atoms with van der Waals surface area (Å²) in [7, 11) is 0. The average Bonchev–Trinajstić information content (AvgIpc) is 2.19. The minimum absolute atomic E-state index is 0.0754. The molecule has 94 valence electrons. The van der Waals surface area contributed by atoms with Gasteiger partial charge in [-0.1, -0.05) is 25.4 Å². The number of carbonyl (C=O) groups is 1.